The summed E-state index contributed by atoms with van der Waals surface area (Å²) < 4.78 is 10.7. The topological polar surface area (TPSA) is 51.5 Å². The van der Waals surface area contributed by atoms with Crippen LogP contribution < -0.4 is 5.32 Å². The summed E-state index contributed by atoms with van der Waals surface area (Å²) in [6.45, 7) is 8.16. The smallest absolute Gasteiger partial charge is 0.287 e. The van der Waals surface area contributed by atoms with E-state index in [2.05, 4.69) is 26.1 Å². The lowest BCUT2D eigenvalue weighted by atomic mass is 9.56. The van der Waals surface area contributed by atoms with E-state index in [0.717, 1.165) is 12.0 Å². The van der Waals surface area contributed by atoms with E-state index in [4.69, 9.17) is 9.15 Å². The third-order valence-electron chi connectivity index (χ3n) is 4.65. The molecule has 1 aromatic rings. The molecule has 0 aliphatic heterocycles. The minimum atomic E-state index is -0.177. The van der Waals surface area contributed by atoms with Gasteiger partial charge in [0, 0.05) is 24.1 Å². The first-order valence-electron chi connectivity index (χ1n) is 6.22. The second-order valence-electron chi connectivity index (χ2n) is 5.82. The Morgan fingerprint density at radius 3 is 2.61 bits per heavy atom. The molecule has 0 spiro atoms. The third kappa shape index (κ3) is 1.75. The monoisotopic (exact) mass is 251 g/mol. The zero-order valence-corrected chi connectivity index (χ0v) is 11.7. The molecule has 0 radical (unpaired) electrons. The van der Waals surface area contributed by atoms with Crippen molar-refractivity contribution >= 4 is 5.91 Å². The second-order valence-corrected chi connectivity index (χ2v) is 5.82. The van der Waals surface area contributed by atoms with Crippen molar-refractivity contribution in [1.29, 1.82) is 0 Å². The summed E-state index contributed by atoms with van der Waals surface area (Å²) in [7, 11) is 1.72. The van der Waals surface area contributed by atoms with E-state index in [-0.39, 0.29) is 23.0 Å². The number of hydrogen-bond donors (Lipinski definition) is 1. The van der Waals surface area contributed by atoms with E-state index in [0.29, 0.717) is 5.76 Å². The molecule has 1 fully saturated rings. The van der Waals surface area contributed by atoms with Crippen LogP contribution in [0, 0.1) is 12.3 Å². The van der Waals surface area contributed by atoms with Gasteiger partial charge in [-0.15, -0.1) is 0 Å². The van der Waals surface area contributed by atoms with Gasteiger partial charge in [0.1, 0.15) is 0 Å². The van der Waals surface area contributed by atoms with Crippen LogP contribution in [-0.4, -0.2) is 24.7 Å². The van der Waals surface area contributed by atoms with E-state index >= 15 is 0 Å². The number of nitrogens with one attached hydrogen (secondary N) is 1. The van der Waals surface area contributed by atoms with E-state index in [9.17, 15) is 4.79 Å². The van der Waals surface area contributed by atoms with Crippen LogP contribution in [0.25, 0.3) is 0 Å². The Balaban J connectivity index is 2.05. The maximum atomic E-state index is 12.1. The van der Waals surface area contributed by atoms with Gasteiger partial charge in [0.15, 0.2) is 5.76 Å². The minimum Gasteiger partial charge on any atom is -0.459 e. The van der Waals surface area contributed by atoms with Gasteiger partial charge in [-0.3, -0.25) is 4.79 Å². The molecule has 4 heteroatoms. The van der Waals surface area contributed by atoms with Crippen molar-refractivity contribution in [1.82, 2.24) is 5.32 Å². The van der Waals surface area contributed by atoms with Gasteiger partial charge >= 0.3 is 0 Å². The van der Waals surface area contributed by atoms with Gasteiger partial charge in [-0.25, -0.2) is 0 Å². The fourth-order valence-corrected chi connectivity index (χ4v) is 2.55. The Morgan fingerprint density at radius 1 is 1.50 bits per heavy atom. The zero-order valence-electron chi connectivity index (χ0n) is 11.7. The molecule has 1 aliphatic carbocycles. The molecule has 4 nitrogen and oxygen atoms in total. The molecule has 2 unspecified atom stereocenters. The molecular formula is C14H21NO3. The molecule has 100 valence electrons. The van der Waals surface area contributed by atoms with Gasteiger partial charge in [0.25, 0.3) is 5.91 Å². The number of hydrogen-bond acceptors (Lipinski definition) is 3. The van der Waals surface area contributed by atoms with Crippen LogP contribution in [0.1, 0.15) is 43.3 Å². The summed E-state index contributed by atoms with van der Waals surface area (Å²) in [5.41, 5.74) is 0.597. The summed E-state index contributed by atoms with van der Waals surface area (Å²) in [6, 6.07) is 1.90. The predicted molar refractivity (Wildman–Crippen MR) is 68.5 cm³/mol. The molecule has 1 aliphatic rings. The number of carbonyl (C=O) groups is 1. The summed E-state index contributed by atoms with van der Waals surface area (Å²) in [5.74, 6) is 0.255. The van der Waals surface area contributed by atoms with Gasteiger partial charge in [-0.2, -0.15) is 0 Å². The van der Waals surface area contributed by atoms with Crippen molar-refractivity contribution in [3.8, 4) is 0 Å². The SMILES string of the molecule is COC1(C)CC(NC(=O)c2occc2C)C1(C)C. The first-order valence-corrected chi connectivity index (χ1v) is 6.22. The number of carbonyl (C=O) groups excluding carboxylic acids is 1. The molecule has 1 saturated carbocycles. The second kappa shape index (κ2) is 4.12. The number of amides is 1. The quantitative estimate of drug-likeness (QED) is 0.898. The Kier molecular flexibility index (Phi) is 3.01. The first kappa shape index (κ1) is 13.1. The number of ether oxygens (including phenoxy) is 1. The normalized spacial score (nSPS) is 29.7. The molecule has 1 aromatic heterocycles. The molecule has 0 saturated heterocycles. The number of rotatable bonds is 3. The summed E-state index contributed by atoms with van der Waals surface area (Å²) in [6.07, 6.45) is 2.36. The highest BCUT2D eigenvalue weighted by atomic mass is 16.5. The van der Waals surface area contributed by atoms with E-state index < -0.39 is 0 Å². The highest BCUT2D eigenvalue weighted by molar-refractivity contribution is 5.93. The highest BCUT2D eigenvalue weighted by Gasteiger charge is 2.58. The average molecular weight is 251 g/mol. The summed E-state index contributed by atoms with van der Waals surface area (Å²) in [4.78, 5) is 12.1. The molecule has 1 N–H and O–H groups in total. The van der Waals surface area contributed by atoms with Crippen LogP contribution in [0.15, 0.2) is 16.7 Å². The van der Waals surface area contributed by atoms with E-state index in [1.54, 1.807) is 13.2 Å². The molecule has 18 heavy (non-hydrogen) atoms. The van der Waals surface area contributed by atoms with Crippen LogP contribution in [0.4, 0.5) is 0 Å². The van der Waals surface area contributed by atoms with Gasteiger partial charge in [0.2, 0.25) is 0 Å². The third-order valence-corrected chi connectivity index (χ3v) is 4.65. The Bertz CT molecular complexity index is 463. The standard InChI is InChI=1S/C14H21NO3/c1-9-6-7-18-11(9)12(16)15-10-8-14(4,17-5)13(10,2)3/h6-7,10H,8H2,1-5H3,(H,15,16). The van der Waals surface area contributed by atoms with Crippen LogP contribution in [0.3, 0.4) is 0 Å². The van der Waals surface area contributed by atoms with Crippen LogP contribution >= 0.6 is 0 Å². The molecule has 2 rings (SSSR count). The minimum absolute atomic E-state index is 0.0854. The summed E-state index contributed by atoms with van der Waals surface area (Å²) in [5, 5.41) is 3.03. The zero-order chi connectivity index (χ0) is 13.6. The van der Waals surface area contributed by atoms with Crippen LogP contribution in [-0.2, 0) is 4.74 Å². The molecule has 0 bridgehead atoms. The molecule has 1 heterocycles. The van der Waals surface area contributed by atoms with Crippen molar-refractivity contribution < 1.29 is 13.9 Å². The molecule has 0 aromatic carbocycles. The molecule has 1 amide bonds. The first-order chi connectivity index (χ1) is 8.32. The maximum Gasteiger partial charge on any atom is 0.287 e. The Morgan fingerprint density at radius 2 is 2.17 bits per heavy atom. The van der Waals surface area contributed by atoms with Crippen LogP contribution in [0.2, 0.25) is 0 Å². The van der Waals surface area contributed by atoms with Gasteiger partial charge in [0.05, 0.1) is 11.9 Å². The van der Waals surface area contributed by atoms with Crippen molar-refractivity contribution in [3.63, 3.8) is 0 Å². The number of furan rings is 1. The number of methoxy groups -OCH3 is 1. The lowest BCUT2D eigenvalue weighted by Gasteiger charge is -2.59. The molecular weight excluding hydrogens is 230 g/mol. The fourth-order valence-electron chi connectivity index (χ4n) is 2.55. The van der Waals surface area contributed by atoms with Gasteiger partial charge in [-0.1, -0.05) is 13.8 Å². The van der Waals surface area contributed by atoms with Crippen molar-refractivity contribution in [2.45, 2.75) is 45.8 Å². The summed E-state index contributed by atoms with van der Waals surface area (Å²) >= 11 is 0. The maximum absolute atomic E-state index is 12.1. The van der Waals surface area contributed by atoms with Crippen molar-refractivity contribution in [2.24, 2.45) is 5.41 Å². The van der Waals surface area contributed by atoms with Gasteiger partial charge < -0.3 is 14.5 Å². The van der Waals surface area contributed by atoms with Crippen molar-refractivity contribution in [3.05, 3.63) is 23.7 Å². The highest BCUT2D eigenvalue weighted by Crippen LogP contribution is 2.51. The van der Waals surface area contributed by atoms with E-state index in [1.807, 2.05) is 6.92 Å². The lowest BCUT2D eigenvalue weighted by molar-refractivity contribution is -0.177. The Hall–Kier alpha value is -1.29. The largest absolute Gasteiger partial charge is 0.459 e. The number of aryl methyl sites for hydroxylation is 1. The predicted octanol–water partition coefficient (Wildman–Crippen LogP) is 2.52. The average Bonchev–Trinajstić information content (AvgIpc) is 2.74. The van der Waals surface area contributed by atoms with Crippen LogP contribution in [0.5, 0.6) is 0 Å². The molecule has 2 atom stereocenters. The fraction of sp³-hybridized carbons (Fsp3) is 0.643. The Labute approximate surface area is 108 Å². The van der Waals surface area contributed by atoms with E-state index in [1.165, 1.54) is 6.26 Å². The van der Waals surface area contributed by atoms with Gasteiger partial charge in [-0.05, 0) is 26.3 Å². The lowest BCUT2D eigenvalue weighted by Crippen LogP contribution is -2.68. The van der Waals surface area contributed by atoms with Crippen molar-refractivity contribution in [2.75, 3.05) is 7.11 Å².